The molecule has 0 aromatic heterocycles. The smallest absolute Gasteiger partial charge is 0.251 e. The molecule has 1 amide bonds. The first-order chi connectivity index (χ1) is 7.19. The van der Waals surface area contributed by atoms with Gasteiger partial charge in [-0.2, -0.15) is 0 Å². The molecule has 1 atom stereocenters. The van der Waals surface area contributed by atoms with Crippen LogP contribution >= 0.6 is 0 Å². The molecule has 1 saturated carbocycles. The van der Waals surface area contributed by atoms with Gasteiger partial charge < -0.3 is 15.4 Å². The van der Waals surface area contributed by atoms with Crippen LogP contribution in [0.4, 0.5) is 0 Å². The van der Waals surface area contributed by atoms with E-state index in [0.717, 1.165) is 32.5 Å². The number of carbonyl (C=O) groups is 1. The van der Waals surface area contributed by atoms with Gasteiger partial charge in [-0.15, -0.1) is 0 Å². The highest BCUT2D eigenvalue weighted by Gasteiger charge is 2.52. The van der Waals surface area contributed by atoms with Crippen molar-refractivity contribution in [2.75, 3.05) is 19.7 Å². The molecule has 1 aliphatic carbocycles. The Morgan fingerprint density at radius 1 is 1.33 bits per heavy atom. The number of ether oxygens (including phenoxy) is 1. The molecule has 4 nitrogen and oxygen atoms in total. The zero-order valence-corrected chi connectivity index (χ0v) is 8.95. The molecule has 4 heteroatoms. The fraction of sp³-hybridized carbons (Fsp3) is 0.909. The summed E-state index contributed by atoms with van der Waals surface area (Å²) in [6.45, 7) is 2.23. The number of carbonyl (C=O) groups excluding carboxylic acids is 1. The van der Waals surface area contributed by atoms with Crippen LogP contribution in [0.5, 0.6) is 0 Å². The van der Waals surface area contributed by atoms with Crippen LogP contribution in [-0.4, -0.2) is 42.1 Å². The quantitative estimate of drug-likeness (QED) is 0.704. The molecular weight excluding hydrogens is 192 g/mol. The Morgan fingerprint density at radius 2 is 2.07 bits per heavy atom. The zero-order valence-electron chi connectivity index (χ0n) is 8.95. The van der Waals surface area contributed by atoms with Crippen molar-refractivity contribution in [3.63, 3.8) is 0 Å². The standard InChI is InChI=1S/C11H18N2O2/c12-11(8-3-4-8)6-13(7-11)10(14)9-2-1-5-15-9/h8-9H,1-7,12H2. The third-order valence-electron chi connectivity index (χ3n) is 3.88. The first-order valence-electron chi connectivity index (χ1n) is 5.88. The van der Waals surface area contributed by atoms with Crippen LogP contribution in [0.25, 0.3) is 0 Å². The molecule has 3 aliphatic rings. The summed E-state index contributed by atoms with van der Waals surface area (Å²) in [5.74, 6) is 0.834. The lowest BCUT2D eigenvalue weighted by Gasteiger charge is -2.48. The fourth-order valence-corrected chi connectivity index (χ4v) is 2.71. The van der Waals surface area contributed by atoms with Gasteiger partial charge in [-0.1, -0.05) is 0 Å². The molecule has 0 aromatic rings. The van der Waals surface area contributed by atoms with Crippen molar-refractivity contribution in [1.29, 1.82) is 0 Å². The summed E-state index contributed by atoms with van der Waals surface area (Å²) in [6, 6.07) is 0. The average Bonchev–Trinajstić information content (AvgIpc) is 2.89. The van der Waals surface area contributed by atoms with Crippen LogP contribution in [0, 0.1) is 5.92 Å². The monoisotopic (exact) mass is 210 g/mol. The second-order valence-electron chi connectivity index (χ2n) is 5.20. The van der Waals surface area contributed by atoms with Crippen molar-refractivity contribution >= 4 is 5.91 Å². The van der Waals surface area contributed by atoms with E-state index in [4.69, 9.17) is 10.5 Å². The lowest BCUT2D eigenvalue weighted by Crippen LogP contribution is -2.70. The lowest BCUT2D eigenvalue weighted by atomic mass is 9.85. The molecule has 15 heavy (non-hydrogen) atoms. The van der Waals surface area contributed by atoms with Gasteiger partial charge in [0.25, 0.3) is 5.91 Å². The van der Waals surface area contributed by atoms with Gasteiger partial charge in [0.05, 0.1) is 5.54 Å². The van der Waals surface area contributed by atoms with Crippen molar-refractivity contribution < 1.29 is 9.53 Å². The minimum atomic E-state index is -0.172. The van der Waals surface area contributed by atoms with Crippen LogP contribution in [0.3, 0.4) is 0 Å². The molecule has 2 N–H and O–H groups in total. The van der Waals surface area contributed by atoms with E-state index in [2.05, 4.69) is 0 Å². The van der Waals surface area contributed by atoms with E-state index in [1.807, 2.05) is 4.90 Å². The summed E-state index contributed by atoms with van der Waals surface area (Å²) < 4.78 is 5.38. The number of amides is 1. The van der Waals surface area contributed by atoms with Crippen molar-refractivity contribution in [2.45, 2.75) is 37.3 Å². The Hall–Kier alpha value is -0.610. The van der Waals surface area contributed by atoms with Crippen molar-refractivity contribution in [2.24, 2.45) is 11.7 Å². The molecule has 0 radical (unpaired) electrons. The van der Waals surface area contributed by atoms with Gasteiger partial charge in [-0.3, -0.25) is 4.79 Å². The summed E-state index contributed by atoms with van der Waals surface area (Å²) in [5, 5.41) is 0. The van der Waals surface area contributed by atoms with Crippen LogP contribution in [0.15, 0.2) is 0 Å². The van der Waals surface area contributed by atoms with Gasteiger partial charge in [0.1, 0.15) is 6.10 Å². The van der Waals surface area contributed by atoms with Crippen LogP contribution in [0.1, 0.15) is 25.7 Å². The fourth-order valence-electron chi connectivity index (χ4n) is 2.71. The minimum absolute atomic E-state index is 0.0612. The predicted octanol–water partition coefficient (Wildman–Crippen LogP) is 0.115. The summed E-state index contributed by atoms with van der Waals surface area (Å²) in [4.78, 5) is 13.8. The minimum Gasteiger partial charge on any atom is -0.368 e. The maximum absolute atomic E-state index is 11.9. The number of nitrogens with two attached hydrogens (primary N) is 1. The molecule has 2 heterocycles. The zero-order chi connectivity index (χ0) is 10.5. The number of nitrogens with zero attached hydrogens (tertiary/aromatic N) is 1. The molecule has 3 rings (SSSR count). The molecule has 2 aliphatic heterocycles. The van der Waals surface area contributed by atoms with E-state index in [9.17, 15) is 4.79 Å². The average molecular weight is 210 g/mol. The molecule has 2 saturated heterocycles. The Morgan fingerprint density at radius 3 is 2.60 bits per heavy atom. The third kappa shape index (κ3) is 1.56. The van der Waals surface area contributed by atoms with Gasteiger partial charge in [0, 0.05) is 19.7 Å². The molecule has 0 aromatic carbocycles. The summed E-state index contributed by atoms with van der Waals surface area (Å²) in [6.07, 6.45) is 4.22. The van der Waals surface area contributed by atoms with Gasteiger partial charge in [0.15, 0.2) is 0 Å². The molecule has 84 valence electrons. The first kappa shape index (κ1) is 9.60. The van der Waals surface area contributed by atoms with E-state index < -0.39 is 0 Å². The van der Waals surface area contributed by atoms with Crippen molar-refractivity contribution in [3.05, 3.63) is 0 Å². The number of likely N-dealkylation sites (tertiary alicyclic amines) is 1. The highest BCUT2D eigenvalue weighted by molar-refractivity contribution is 5.82. The van der Waals surface area contributed by atoms with Crippen LogP contribution in [0.2, 0.25) is 0 Å². The van der Waals surface area contributed by atoms with Gasteiger partial charge in [0.2, 0.25) is 0 Å². The van der Waals surface area contributed by atoms with Gasteiger partial charge in [-0.25, -0.2) is 0 Å². The van der Waals surface area contributed by atoms with Crippen LogP contribution in [-0.2, 0) is 9.53 Å². The largest absolute Gasteiger partial charge is 0.368 e. The topological polar surface area (TPSA) is 55.6 Å². The third-order valence-corrected chi connectivity index (χ3v) is 3.88. The van der Waals surface area contributed by atoms with Gasteiger partial charge >= 0.3 is 0 Å². The molecule has 0 bridgehead atoms. The number of rotatable bonds is 2. The summed E-state index contributed by atoms with van der Waals surface area (Å²) in [5.41, 5.74) is 6.14. The van der Waals surface area contributed by atoms with Crippen LogP contribution < -0.4 is 5.73 Å². The highest BCUT2D eigenvalue weighted by atomic mass is 16.5. The second kappa shape index (κ2) is 3.19. The van der Waals surface area contributed by atoms with E-state index in [1.165, 1.54) is 12.8 Å². The molecule has 0 spiro atoms. The Bertz CT molecular complexity index is 276. The highest BCUT2D eigenvalue weighted by Crippen LogP contribution is 2.43. The van der Waals surface area contributed by atoms with E-state index in [1.54, 1.807) is 0 Å². The Kier molecular flexibility index (Phi) is 2.04. The second-order valence-corrected chi connectivity index (χ2v) is 5.20. The molecular formula is C11H18N2O2. The molecule has 1 unspecified atom stereocenters. The Balaban J connectivity index is 1.55. The first-order valence-corrected chi connectivity index (χ1v) is 5.88. The molecule has 3 fully saturated rings. The van der Waals surface area contributed by atoms with E-state index >= 15 is 0 Å². The summed E-state index contributed by atoms with van der Waals surface area (Å²) in [7, 11) is 0. The normalized spacial score (nSPS) is 33.9. The summed E-state index contributed by atoms with van der Waals surface area (Å²) >= 11 is 0. The lowest BCUT2D eigenvalue weighted by molar-refractivity contribution is -0.149. The SMILES string of the molecule is NC1(C2CC2)CN(C(=O)C2CCCO2)C1. The van der Waals surface area contributed by atoms with E-state index in [0.29, 0.717) is 5.92 Å². The maximum atomic E-state index is 11.9. The van der Waals surface area contributed by atoms with Crippen molar-refractivity contribution in [3.8, 4) is 0 Å². The number of hydrogen-bond donors (Lipinski definition) is 1. The maximum Gasteiger partial charge on any atom is 0.251 e. The van der Waals surface area contributed by atoms with E-state index in [-0.39, 0.29) is 17.6 Å². The predicted molar refractivity (Wildman–Crippen MR) is 55.2 cm³/mol. The number of hydrogen-bond acceptors (Lipinski definition) is 3. The van der Waals surface area contributed by atoms with Gasteiger partial charge in [-0.05, 0) is 31.6 Å². The van der Waals surface area contributed by atoms with Crippen molar-refractivity contribution in [1.82, 2.24) is 4.90 Å². The Labute approximate surface area is 89.7 Å².